The van der Waals surface area contributed by atoms with Gasteiger partial charge >= 0.3 is 12.0 Å². The normalized spacial score (nSPS) is 9.76. The molecule has 0 heterocycles. The second kappa shape index (κ2) is 9.46. The number of urea groups is 1. The number of benzene rings is 1. The molecule has 0 saturated heterocycles. The van der Waals surface area contributed by atoms with Crippen molar-refractivity contribution in [3.63, 3.8) is 0 Å². The molecule has 21 heavy (non-hydrogen) atoms. The van der Waals surface area contributed by atoms with E-state index in [0.29, 0.717) is 25.3 Å². The van der Waals surface area contributed by atoms with Crippen molar-refractivity contribution in [1.82, 2.24) is 10.6 Å². The van der Waals surface area contributed by atoms with Crippen molar-refractivity contribution in [2.45, 2.75) is 19.8 Å². The molecule has 0 atom stereocenters. The highest BCUT2D eigenvalue weighted by Crippen LogP contribution is 2.16. The number of rotatable bonds is 9. The number of nitrogens with one attached hydrogen (secondary N) is 2. The van der Waals surface area contributed by atoms with Crippen molar-refractivity contribution in [1.29, 1.82) is 0 Å². The number of ether oxygens (including phenoxy) is 2. The van der Waals surface area contributed by atoms with E-state index in [1.54, 1.807) is 24.3 Å². The van der Waals surface area contributed by atoms with Crippen LogP contribution in [0, 0.1) is 0 Å². The van der Waals surface area contributed by atoms with E-state index in [2.05, 4.69) is 10.6 Å². The summed E-state index contributed by atoms with van der Waals surface area (Å²) in [6, 6.07) is 6.66. The fourth-order valence-corrected chi connectivity index (χ4v) is 1.49. The smallest absolute Gasteiger partial charge is 0.317 e. The molecule has 0 aliphatic rings. The standard InChI is InChI=1S/C14H20N2O5/c1-2-20-11-5-7-12(8-6-11)21-10-16-14(19)15-9-3-4-13(17)18/h5-8H,2-4,9-10H2,1H3,(H,17,18)(H2,15,16,19). The van der Waals surface area contributed by atoms with Crippen LogP contribution < -0.4 is 20.1 Å². The number of aliphatic carboxylic acids is 1. The molecular weight excluding hydrogens is 276 g/mol. The van der Waals surface area contributed by atoms with Gasteiger partial charge in [-0.2, -0.15) is 0 Å². The second-order valence-corrected chi connectivity index (χ2v) is 4.12. The predicted octanol–water partition coefficient (Wildman–Crippen LogP) is 1.59. The van der Waals surface area contributed by atoms with Gasteiger partial charge in [0.15, 0.2) is 6.73 Å². The van der Waals surface area contributed by atoms with E-state index in [1.807, 2.05) is 6.92 Å². The Hall–Kier alpha value is -2.44. The molecule has 7 nitrogen and oxygen atoms in total. The highest BCUT2D eigenvalue weighted by Gasteiger charge is 2.01. The van der Waals surface area contributed by atoms with Crippen LogP contribution >= 0.6 is 0 Å². The van der Waals surface area contributed by atoms with Crippen molar-refractivity contribution in [3.8, 4) is 11.5 Å². The molecule has 2 amide bonds. The lowest BCUT2D eigenvalue weighted by Gasteiger charge is -2.09. The third-order valence-electron chi connectivity index (χ3n) is 2.46. The molecule has 0 fully saturated rings. The summed E-state index contributed by atoms with van der Waals surface area (Å²) in [5, 5.41) is 13.5. The molecule has 1 aromatic carbocycles. The summed E-state index contributed by atoms with van der Waals surface area (Å²) in [5.74, 6) is 0.495. The molecule has 0 bridgehead atoms. The van der Waals surface area contributed by atoms with Crippen LogP contribution in [-0.2, 0) is 4.79 Å². The molecule has 1 rings (SSSR count). The largest absolute Gasteiger partial charge is 0.494 e. The average Bonchev–Trinajstić information content (AvgIpc) is 2.46. The highest BCUT2D eigenvalue weighted by atomic mass is 16.5. The van der Waals surface area contributed by atoms with Gasteiger partial charge in [0.25, 0.3) is 0 Å². The Morgan fingerprint density at radius 3 is 2.29 bits per heavy atom. The average molecular weight is 296 g/mol. The first-order valence-electron chi connectivity index (χ1n) is 6.71. The third kappa shape index (κ3) is 7.66. The van der Waals surface area contributed by atoms with Crippen molar-refractivity contribution < 1.29 is 24.2 Å². The maximum absolute atomic E-state index is 11.3. The minimum atomic E-state index is -0.879. The Labute approximate surface area is 123 Å². The molecule has 1 aromatic rings. The zero-order chi connectivity index (χ0) is 15.5. The van der Waals surface area contributed by atoms with Gasteiger partial charge in [-0.25, -0.2) is 4.79 Å². The van der Waals surface area contributed by atoms with Gasteiger partial charge < -0.3 is 25.2 Å². The van der Waals surface area contributed by atoms with E-state index in [4.69, 9.17) is 14.6 Å². The molecule has 0 aromatic heterocycles. The molecule has 0 radical (unpaired) electrons. The zero-order valence-corrected chi connectivity index (χ0v) is 11.9. The van der Waals surface area contributed by atoms with Crippen molar-refractivity contribution in [3.05, 3.63) is 24.3 Å². The molecule has 3 N–H and O–H groups in total. The fraction of sp³-hybridized carbons (Fsp3) is 0.429. The monoisotopic (exact) mass is 296 g/mol. The number of carbonyl (C=O) groups excluding carboxylic acids is 1. The van der Waals surface area contributed by atoms with E-state index in [1.165, 1.54) is 0 Å². The summed E-state index contributed by atoms with van der Waals surface area (Å²) in [7, 11) is 0. The molecule has 0 unspecified atom stereocenters. The van der Waals surface area contributed by atoms with Crippen molar-refractivity contribution in [2.24, 2.45) is 0 Å². The number of carboxylic acids is 1. The van der Waals surface area contributed by atoms with Gasteiger partial charge in [-0.3, -0.25) is 4.79 Å². The summed E-state index contributed by atoms with van der Waals surface area (Å²) in [6.45, 7) is 2.84. The summed E-state index contributed by atoms with van der Waals surface area (Å²) in [4.78, 5) is 21.6. The van der Waals surface area contributed by atoms with Crippen LogP contribution in [0.25, 0.3) is 0 Å². The Morgan fingerprint density at radius 2 is 1.71 bits per heavy atom. The summed E-state index contributed by atoms with van der Waals surface area (Å²) >= 11 is 0. The van der Waals surface area contributed by atoms with Crippen LogP contribution in [0.15, 0.2) is 24.3 Å². The Balaban J connectivity index is 2.14. The van der Waals surface area contributed by atoms with E-state index in [0.717, 1.165) is 5.75 Å². The maximum Gasteiger partial charge on any atom is 0.317 e. The van der Waals surface area contributed by atoms with Crippen LogP contribution in [-0.4, -0.2) is 37.0 Å². The van der Waals surface area contributed by atoms with Gasteiger partial charge in [0, 0.05) is 13.0 Å². The summed E-state index contributed by atoms with van der Waals surface area (Å²) in [5.41, 5.74) is 0. The van der Waals surface area contributed by atoms with E-state index in [-0.39, 0.29) is 13.2 Å². The summed E-state index contributed by atoms with van der Waals surface area (Å²) in [6.07, 6.45) is 0.422. The quantitative estimate of drug-likeness (QED) is 0.475. The lowest BCUT2D eigenvalue weighted by Crippen LogP contribution is -2.38. The molecule has 7 heteroatoms. The number of carboxylic acid groups (broad SMARTS) is 1. The second-order valence-electron chi connectivity index (χ2n) is 4.12. The Kier molecular flexibility index (Phi) is 7.49. The first-order valence-corrected chi connectivity index (χ1v) is 6.71. The van der Waals surface area contributed by atoms with E-state index >= 15 is 0 Å². The minimum absolute atomic E-state index is 0.0265. The Bertz CT molecular complexity index is 447. The Morgan fingerprint density at radius 1 is 1.10 bits per heavy atom. The van der Waals surface area contributed by atoms with E-state index < -0.39 is 12.0 Å². The lowest BCUT2D eigenvalue weighted by atomic mass is 10.3. The zero-order valence-electron chi connectivity index (χ0n) is 11.9. The first-order chi connectivity index (χ1) is 10.1. The van der Waals surface area contributed by atoms with Crippen LogP contribution in [0.3, 0.4) is 0 Å². The summed E-state index contributed by atoms with van der Waals surface area (Å²) < 4.78 is 10.6. The van der Waals surface area contributed by atoms with Gasteiger partial charge in [-0.05, 0) is 37.6 Å². The maximum atomic E-state index is 11.3. The molecule has 0 aliphatic heterocycles. The number of amides is 2. The molecular formula is C14H20N2O5. The number of hydrogen-bond donors (Lipinski definition) is 3. The van der Waals surface area contributed by atoms with Gasteiger partial charge in [0.2, 0.25) is 0 Å². The molecule has 0 aliphatic carbocycles. The SMILES string of the molecule is CCOc1ccc(OCNC(=O)NCCCC(=O)O)cc1. The lowest BCUT2D eigenvalue weighted by molar-refractivity contribution is -0.137. The van der Waals surface area contributed by atoms with Gasteiger partial charge in [0.1, 0.15) is 11.5 Å². The number of hydrogen-bond acceptors (Lipinski definition) is 4. The minimum Gasteiger partial charge on any atom is -0.494 e. The van der Waals surface area contributed by atoms with E-state index in [9.17, 15) is 9.59 Å². The number of carbonyl (C=O) groups is 2. The predicted molar refractivity (Wildman–Crippen MR) is 76.5 cm³/mol. The highest BCUT2D eigenvalue weighted by molar-refractivity contribution is 5.73. The molecule has 0 saturated carbocycles. The van der Waals surface area contributed by atoms with Crippen molar-refractivity contribution in [2.75, 3.05) is 19.9 Å². The van der Waals surface area contributed by atoms with Crippen LogP contribution in [0.5, 0.6) is 11.5 Å². The van der Waals surface area contributed by atoms with Gasteiger partial charge in [0.05, 0.1) is 6.61 Å². The van der Waals surface area contributed by atoms with Gasteiger partial charge in [-0.15, -0.1) is 0 Å². The van der Waals surface area contributed by atoms with Crippen molar-refractivity contribution >= 4 is 12.0 Å². The molecule has 0 spiro atoms. The van der Waals surface area contributed by atoms with Crippen LogP contribution in [0.1, 0.15) is 19.8 Å². The third-order valence-corrected chi connectivity index (χ3v) is 2.46. The fourth-order valence-electron chi connectivity index (χ4n) is 1.49. The molecule has 116 valence electrons. The first kappa shape index (κ1) is 16.6. The topological polar surface area (TPSA) is 96.9 Å². The van der Waals surface area contributed by atoms with Gasteiger partial charge in [-0.1, -0.05) is 0 Å². The van der Waals surface area contributed by atoms with Crippen LogP contribution in [0.2, 0.25) is 0 Å². The van der Waals surface area contributed by atoms with Crippen LogP contribution in [0.4, 0.5) is 4.79 Å².